The summed E-state index contributed by atoms with van der Waals surface area (Å²) in [5, 5.41) is 165. The van der Waals surface area contributed by atoms with Crippen LogP contribution >= 0.6 is 0 Å². The molecule has 2 spiro atoms. The Morgan fingerprint density at radius 2 is 1.15 bits per heavy atom. The quantitative estimate of drug-likeness (QED) is 0.0597. The highest BCUT2D eigenvalue weighted by molar-refractivity contribution is 5.27. The van der Waals surface area contributed by atoms with Gasteiger partial charge in [0.05, 0.1) is 56.9 Å². The van der Waals surface area contributed by atoms with E-state index in [-0.39, 0.29) is 46.0 Å². The Bertz CT molecular complexity index is 2380. The maximum Gasteiger partial charge on any atom is 0.187 e. The monoisotopic (exact) mass is 1240 g/mol. The van der Waals surface area contributed by atoms with Gasteiger partial charge >= 0.3 is 0 Å². The predicted molar refractivity (Wildman–Crippen MR) is 289 cm³/mol. The highest BCUT2D eigenvalue weighted by atomic mass is 16.8. The molecule has 0 aromatic carbocycles. The lowest BCUT2D eigenvalue weighted by Crippen LogP contribution is -2.68. The fraction of sp³-hybridized carbons (Fsp3) is 0.966. The van der Waals surface area contributed by atoms with Crippen LogP contribution < -0.4 is 0 Å². The lowest BCUT2D eigenvalue weighted by molar-refractivity contribution is -0.403. The molecule has 7 saturated heterocycles. The number of allylic oxidation sites excluding steroid dienone is 1. The van der Waals surface area contributed by atoms with E-state index in [4.69, 9.17) is 56.8 Å². The number of hydrogen-bond donors (Lipinski definition) is 15. The van der Waals surface area contributed by atoms with Crippen molar-refractivity contribution in [1.82, 2.24) is 0 Å². The van der Waals surface area contributed by atoms with Crippen LogP contribution in [0.5, 0.6) is 0 Å². The highest BCUT2D eigenvalue weighted by Crippen LogP contribution is 2.80. The molecule has 4 saturated carbocycles. The lowest BCUT2D eigenvalue weighted by Gasteiger charge is -2.70. The summed E-state index contributed by atoms with van der Waals surface area (Å²) in [6.07, 6.45) is -34.9. The summed E-state index contributed by atoms with van der Waals surface area (Å²) < 4.78 is 75.6. The van der Waals surface area contributed by atoms with Crippen molar-refractivity contribution in [2.75, 3.05) is 33.0 Å². The van der Waals surface area contributed by atoms with E-state index >= 15 is 0 Å². The molecule has 7 aliphatic heterocycles. The molecule has 27 nitrogen and oxygen atoms in total. The van der Waals surface area contributed by atoms with Crippen LogP contribution in [0, 0.1) is 45.3 Å². The molecule has 86 heavy (non-hydrogen) atoms. The summed E-state index contributed by atoms with van der Waals surface area (Å²) in [5.41, 5.74) is -1.06. The molecule has 0 amide bonds. The topological polar surface area (TPSA) is 414 Å². The Hall–Kier alpha value is -1.34. The molecule has 494 valence electrons. The Morgan fingerprint density at radius 1 is 0.570 bits per heavy atom. The Labute approximate surface area is 499 Å². The van der Waals surface area contributed by atoms with E-state index in [0.717, 1.165) is 37.7 Å². The van der Waals surface area contributed by atoms with Gasteiger partial charge in [-0.25, -0.2) is 0 Å². The number of rotatable bonds is 14. The van der Waals surface area contributed by atoms with E-state index in [0.29, 0.717) is 25.9 Å². The molecule has 11 aliphatic rings. The minimum absolute atomic E-state index is 0.0914. The molecule has 0 aromatic rings. The van der Waals surface area contributed by atoms with Crippen LogP contribution in [0.25, 0.3) is 0 Å². The Kier molecular flexibility index (Phi) is 18.6. The van der Waals surface area contributed by atoms with Crippen molar-refractivity contribution in [3.8, 4) is 0 Å². The number of hydrogen-bond acceptors (Lipinski definition) is 27. The first-order valence-electron chi connectivity index (χ1n) is 30.9. The van der Waals surface area contributed by atoms with Crippen molar-refractivity contribution in [1.29, 1.82) is 0 Å². The molecule has 2 unspecified atom stereocenters. The van der Waals surface area contributed by atoms with Gasteiger partial charge < -0.3 is 133 Å². The SMILES string of the molecule is CC(C)=C[C@H]1C[C@](C)(O)C2[C@H]3CC[C@@H]4[C@@]5(C)CC[C@H](O[C@@H]6OC[C@H](O)[C@H](O[C@@H]7O[C@H](CO[C@@H]8O[C@H](CO)[C@@H](O)[C@H](O)[C@H]8O)[C@@H](O)[C@H](O)[C@H]7O[C@@H]7O[C@H](CO)[C@@H](O)[C@H](O)[C@H]7O)[C@H]6O[C@@H]6O[C@@H](C)[C@H](O)[C@@H](O)[C@H]6O)C(C)(C)C5CC[C@@]4(C)[C@@]34CO[C@@]2(C4)O1. The Morgan fingerprint density at radius 3 is 1.80 bits per heavy atom. The molecule has 11 fully saturated rings. The summed E-state index contributed by atoms with van der Waals surface area (Å²) in [4.78, 5) is 0. The molecule has 4 aliphatic carbocycles. The maximum atomic E-state index is 12.4. The molecule has 2 bridgehead atoms. The van der Waals surface area contributed by atoms with E-state index in [1.54, 1.807) is 0 Å². The van der Waals surface area contributed by atoms with Gasteiger partial charge in [-0.05, 0) is 100 Å². The van der Waals surface area contributed by atoms with Crippen molar-refractivity contribution in [3.05, 3.63) is 11.6 Å². The van der Waals surface area contributed by atoms with Gasteiger partial charge in [-0.3, -0.25) is 0 Å². The maximum absolute atomic E-state index is 12.4. The molecular weight excluding hydrogens is 1140 g/mol. The van der Waals surface area contributed by atoms with E-state index in [1.165, 1.54) is 6.92 Å². The average Bonchev–Trinajstić information content (AvgIpc) is 1.45. The normalized spacial score (nSPS) is 56.9. The zero-order chi connectivity index (χ0) is 62.3. The zero-order valence-electron chi connectivity index (χ0n) is 50.2. The minimum atomic E-state index is -2.11. The van der Waals surface area contributed by atoms with Gasteiger partial charge in [0.15, 0.2) is 37.2 Å². The molecule has 15 N–H and O–H groups in total. The van der Waals surface area contributed by atoms with Crippen molar-refractivity contribution in [2.45, 2.75) is 278 Å². The second-order valence-electron chi connectivity index (χ2n) is 28.6. The molecule has 11 rings (SSSR count). The standard InChI is InChI=1S/C59H96O27/c1-23(2)15-25-16-57(8,74)48-26-9-10-32-55(6)13-12-33(54(4,5)31(55)11-14-56(32,7)58(26)21-59(48,86-25)77-22-58)82-52-47(85-50-43(72)38(67)34(63)24(3)78-50)45(27(62)19-75-52)83-53-46(84-51-44(73)40(69)36(65)29(18-61)80-51)41(70)37(66)30(81-53)20-76-49-42(71)39(68)35(64)28(17-60)79-49/h15,24-53,60-74H,9-14,16-22H2,1-8H3/t24-,25-,26+,27-,28+,29+,30+,31?,32+,33-,34-,35+,36+,37+,38+,39-,40-,41-,42+,43+,44+,45-,46+,47+,48?,49+,50-,51-,52-,53-,55-,56+,57-,58-,59-/m0/s1. The Balaban J connectivity index is 0.877. The van der Waals surface area contributed by atoms with E-state index in [1.807, 2.05) is 20.8 Å². The zero-order valence-corrected chi connectivity index (χ0v) is 50.2. The summed E-state index contributed by atoms with van der Waals surface area (Å²) >= 11 is 0. The number of ether oxygens (including phenoxy) is 12. The van der Waals surface area contributed by atoms with Crippen LogP contribution in [-0.2, 0) is 56.8 Å². The van der Waals surface area contributed by atoms with Gasteiger partial charge in [0.1, 0.15) is 110 Å². The van der Waals surface area contributed by atoms with Gasteiger partial charge in [0.25, 0.3) is 0 Å². The van der Waals surface area contributed by atoms with Gasteiger partial charge in [-0.1, -0.05) is 39.3 Å². The average molecular weight is 1240 g/mol. The van der Waals surface area contributed by atoms with Crippen LogP contribution in [0.3, 0.4) is 0 Å². The van der Waals surface area contributed by atoms with E-state index in [9.17, 15) is 76.6 Å². The first kappa shape index (κ1) is 66.1. The van der Waals surface area contributed by atoms with Gasteiger partial charge in [-0.15, -0.1) is 0 Å². The smallest absolute Gasteiger partial charge is 0.187 e. The van der Waals surface area contributed by atoms with E-state index < -0.39 is 197 Å². The van der Waals surface area contributed by atoms with Crippen molar-refractivity contribution < 1.29 is 133 Å². The first-order chi connectivity index (χ1) is 40.4. The molecular formula is C59H96O27. The lowest BCUT2D eigenvalue weighted by atomic mass is 9.35. The number of aliphatic hydroxyl groups is 15. The van der Waals surface area contributed by atoms with Crippen LogP contribution in [0.2, 0.25) is 0 Å². The van der Waals surface area contributed by atoms with Crippen LogP contribution in [-0.4, -0.2) is 281 Å². The predicted octanol–water partition coefficient (Wildman–Crippen LogP) is -3.36. The fourth-order valence-corrected chi connectivity index (χ4v) is 18.6. The fourth-order valence-electron chi connectivity index (χ4n) is 18.6. The first-order valence-corrected chi connectivity index (χ1v) is 30.9. The van der Waals surface area contributed by atoms with Gasteiger partial charge in [-0.2, -0.15) is 0 Å². The summed E-state index contributed by atoms with van der Waals surface area (Å²) in [6.45, 7) is 14.3. The van der Waals surface area contributed by atoms with Gasteiger partial charge in [0, 0.05) is 24.2 Å². The third-order valence-corrected chi connectivity index (χ3v) is 22.9. The minimum Gasteiger partial charge on any atom is -0.394 e. The summed E-state index contributed by atoms with van der Waals surface area (Å²) in [6, 6.07) is 0. The summed E-state index contributed by atoms with van der Waals surface area (Å²) in [5.74, 6) is -0.503. The second-order valence-corrected chi connectivity index (χ2v) is 28.6. The third-order valence-electron chi connectivity index (χ3n) is 22.9. The summed E-state index contributed by atoms with van der Waals surface area (Å²) in [7, 11) is 0. The molecule has 0 radical (unpaired) electrons. The molecule has 27 heteroatoms. The van der Waals surface area contributed by atoms with Crippen molar-refractivity contribution >= 4 is 0 Å². The van der Waals surface area contributed by atoms with Crippen molar-refractivity contribution in [2.24, 2.45) is 45.3 Å². The van der Waals surface area contributed by atoms with Crippen LogP contribution in [0.4, 0.5) is 0 Å². The third kappa shape index (κ3) is 10.8. The molecule has 0 aromatic heterocycles. The molecule has 35 atom stereocenters. The van der Waals surface area contributed by atoms with Crippen LogP contribution in [0.15, 0.2) is 11.6 Å². The number of fused-ring (bicyclic) bond motifs is 4. The van der Waals surface area contributed by atoms with Gasteiger partial charge in [0.2, 0.25) is 0 Å². The van der Waals surface area contributed by atoms with E-state index in [2.05, 4.69) is 33.8 Å². The number of aliphatic hydroxyl groups excluding tert-OH is 14. The van der Waals surface area contributed by atoms with Crippen molar-refractivity contribution in [3.63, 3.8) is 0 Å². The molecule has 7 heterocycles. The largest absolute Gasteiger partial charge is 0.394 e. The highest BCUT2D eigenvalue weighted by Gasteiger charge is 2.81. The second kappa shape index (κ2) is 24.2. The van der Waals surface area contributed by atoms with Crippen LogP contribution in [0.1, 0.15) is 107 Å².